The topological polar surface area (TPSA) is 66.4 Å². The van der Waals surface area contributed by atoms with Gasteiger partial charge in [-0.1, -0.05) is 17.7 Å². The summed E-state index contributed by atoms with van der Waals surface area (Å²) in [6.07, 6.45) is 1.14. The van der Waals surface area contributed by atoms with Crippen LogP contribution in [0.15, 0.2) is 24.8 Å². The minimum absolute atomic E-state index is 0.0444. The molecule has 0 saturated carbocycles. The number of carboxylic acids is 1. The van der Waals surface area contributed by atoms with E-state index in [0.29, 0.717) is 0 Å². The molecule has 0 aliphatic carbocycles. The number of carbonyl (C=O) groups is 2. The van der Waals surface area contributed by atoms with E-state index in [1.54, 1.807) is 0 Å². The smallest absolute Gasteiger partial charge is 0.314 e. The first kappa shape index (κ1) is 14.2. The van der Waals surface area contributed by atoms with Gasteiger partial charge in [0, 0.05) is 12.6 Å². The summed E-state index contributed by atoms with van der Waals surface area (Å²) in [6.45, 7) is 4.63. The number of halogens is 2. The van der Waals surface area contributed by atoms with Gasteiger partial charge in [-0.15, -0.1) is 6.58 Å². The first-order valence-electron chi connectivity index (χ1n) is 4.98. The molecule has 1 aromatic rings. The summed E-state index contributed by atoms with van der Waals surface area (Å²) in [6, 6.07) is 2.34. The van der Waals surface area contributed by atoms with Crippen LogP contribution in [-0.4, -0.2) is 17.0 Å². The molecule has 1 aromatic carbocycles. The summed E-state index contributed by atoms with van der Waals surface area (Å²) < 4.78 is 13.5. The number of anilines is 1. The Kier molecular flexibility index (Phi) is 4.44. The van der Waals surface area contributed by atoms with Gasteiger partial charge in [0.25, 0.3) is 0 Å². The molecule has 0 spiro atoms. The maximum absolute atomic E-state index is 13.5. The number of carboxylic acid groups (broad SMARTS) is 1. The molecule has 4 nitrogen and oxygen atoms in total. The second-order valence-corrected chi connectivity index (χ2v) is 3.97. The molecule has 0 aliphatic heterocycles. The van der Waals surface area contributed by atoms with Crippen molar-refractivity contribution in [3.8, 4) is 0 Å². The van der Waals surface area contributed by atoms with E-state index >= 15 is 0 Å². The van der Waals surface area contributed by atoms with Gasteiger partial charge in [0.2, 0.25) is 5.91 Å². The number of amides is 1. The van der Waals surface area contributed by atoms with Crippen molar-refractivity contribution in [1.29, 1.82) is 0 Å². The number of hydrogen-bond donors (Lipinski definition) is 2. The third kappa shape index (κ3) is 3.07. The van der Waals surface area contributed by atoms with Crippen molar-refractivity contribution in [2.45, 2.75) is 12.8 Å². The van der Waals surface area contributed by atoms with Crippen LogP contribution in [0.1, 0.15) is 18.4 Å². The average Bonchev–Trinajstić information content (AvgIpc) is 2.24. The minimum Gasteiger partial charge on any atom is -0.481 e. The predicted molar refractivity (Wildman–Crippen MR) is 66.3 cm³/mol. The number of aliphatic carboxylic acids is 1. The largest absolute Gasteiger partial charge is 0.481 e. The van der Waals surface area contributed by atoms with Crippen molar-refractivity contribution in [1.82, 2.24) is 0 Å². The molecule has 1 atom stereocenters. The van der Waals surface area contributed by atoms with Crippen LogP contribution >= 0.6 is 11.6 Å². The Labute approximate surface area is 108 Å². The molecule has 0 aliphatic rings. The van der Waals surface area contributed by atoms with Gasteiger partial charge >= 0.3 is 5.97 Å². The van der Waals surface area contributed by atoms with Crippen molar-refractivity contribution >= 4 is 29.2 Å². The zero-order chi connectivity index (χ0) is 13.9. The molecule has 0 aromatic heterocycles. The van der Waals surface area contributed by atoms with Crippen LogP contribution in [0.3, 0.4) is 0 Å². The molecule has 1 unspecified atom stereocenters. The fourth-order valence-corrected chi connectivity index (χ4v) is 1.70. The Morgan fingerprint density at radius 1 is 1.56 bits per heavy atom. The highest BCUT2D eigenvalue weighted by Crippen LogP contribution is 2.31. The monoisotopic (exact) mass is 271 g/mol. The summed E-state index contributed by atoms with van der Waals surface area (Å²) in [5.74, 6) is -3.54. The van der Waals surface area contributed by atoms with Crippen LogP contribution in [0.4, 0.5) is 10.1 Å². The van der Waals surface area contributed by atoms with Crippen LogP contribution in [0.2, 0.25) is 5.02 Å². The van der Waals surface area contributed by atoms with Gasteiger partial charge in [0.1, 0.15) is 11.7 Å². The van der Waals surface area contributed by atoms with E-state index in [4.69, 9.17) is 16.7 Å². The molecular formula is C12H11ClFNO3. The number of hydrogen-bond acceptors (Lipinski definition) is 2. The van der Waals surface area contributed by atoms with Crippen LogP contribution in [0.5, 0.6) is 0 Å². The van der Waals surface area contributed by atoms with Crippen molar-refractivity contribution in [3.05, 3.63) is 41.2 Å². The summed E-state index contributed by atoms with van der Waals surface area (Å²) in [7, 11) is 0. The Bertz CT molecular complexity index is 516. The molecule has 6 heteroatoms. The van der Waals surface area contributed by atoms with E-state index < -0.39 is 23.6 Å². The fourth-order valence-electron chi connectivity index (χ4n) is 1.47. The average molecular weight is 272 g/mol. The molecule has 96 valence electrons. The van der Waals surface area contributed by atoms with Gasteiger partial charge in [-0.3, -0.25) is 9.59 Å². The Morgan fingerprint density at radius 2 is 2.17 bits per heavy atom. The number of nitrogens with one attached hydrogen (secondary N) is 1. The minimum atomic E-state index is -1.20. The highest BCUT2D eigenvalue weighted by atomic mass is 35.5. The maximum Gasteiger partial charge on any atom is 0.314 e. The van der Waals surface area contributed by atoms with Crippen molar-refractivity contribution in [3.63, 3.8) is 0 Å². The van der Waals surface area contributed by atoms with Gasteiger partial charge in [0.05, 0.1) is 5.02 Å². The molecule has 0 fully saturated rings. The molecule has 1 rings (SSSR count). The molecule has 1 amide bonds. The quantitative estimate of drug-likeness (QED) is 0.828. The maximum atomic E-state index is 13.5. The highest BCUT2D eigenvalue weighted by molar-refractivity contribution is 6.32. The fraction of sp³-hybridized carbons (Fsp3) is 0.167. The van der Waals surface area contributed by atoms with E-state index in [2.05, 4.69) is 11.9 Å². The molecular weight excluding hydrogens is 261 g/mol. The molecule has 0 radical (unpaired) electrons. The van der Waals surface area contributed by atoms with Crippen molar-refractivity contribution in [2.75, 3.05) is 5.32 Å². The number of carbonyl (C=O) groups excluding carboxylic acids is 1. The second kappa shape index (κ2) is 5.64. The van der Waals surface area contributed by atoms with Crippen molar-refractivity contribution in [2.24, 2.45) is 0 Å². The van der Waals surface area contributed by atoms with E-state index in [-0.39, 0.29) is 16.3 Å². The van der Waals surface area contributed by atoms with Crippen LogP contribution < -0.4 is 5.32 Å². The van der Waals surface area contributed by atoms with Crippen LogP contribution in [0, 0.1) is 5.82 Å². The molecule has 0 heterocycles. The normalized spacial score (nSPS) is 11.7. The zero-order valence-electron chi connectivity index (χ0n) is 9.54. The van der Waals surface area contributed by atoms with Gasteiger partial charge in [0.15, 0.2) is 0 Å². The Balaban J connectivity index is 3.33. The van der Waals surface area contributed by atoms with Gasteiger partial charge < -0.3 is 10.4 Å². The zero-order valence-corrected chi connectivity index (χ0v) is 10.3. The standard InChI is InChI=1S/C12H11ClFNO3/c1-3-8(12(17)18)9-4-7(15-6(2)16)5-10(14)11(9)13/h3-5,8H,1H2,2H3,(H,15,16)(H,17,18). The van der Waals surface area contributed by atoms with E-state index in [0.717, 1.165) is 12.1 Å². The number of rotatable bonds is 4. The SMILES string of the molecule is C=CC(C(=O)O)c1cc(NC(C)=O)cc(F)c1Cl. The Morgan fingerprint density at radius 3 is 2.61 bits per heavy atom. The third-order valence-electron chi connectivity index (χ3n) is 2.21. The summed E-state index contributed by atoms with van der Waals surface area (Å²) in [4.78, 5) is 21.9. The highest BCUT2D eigenvalue weighted by Gasteiger charge is 2.22. The summed E-state index contributed by atoms with van der Waals surface area (Å²) >= 11 is 5.72. The van der Waals surface area contributed by atoms with Crippen LogP contribution in [-0.2, 0) is 9.59 Å². The second-order valence-electron chi connectivity index (χ2n) is 3.59. The molecule has 18 heavy (non-hydrogen) atoms. The van der Waals surface area contributed by atoms with Gasteiger partial charge in [-0.05, 0) is 17.7 Å². The van der Waals surface area contributed by atoms with Gasteiger partial charge in [-0.2, -0.15) is 0 Å². The number of benzene rings is 1. The summed E-state index contributed by atoms with van der Waals surface area (Å²) in [5, 5.41) is 11.0. The first-order chi connectivity index (χ1) is 8.36. The summed E-state index contributed by atoms with van der Waals surface area (Å²) in [5.41, 5.74) is 0.190. The lowest BCUT2D eigenvalue weighted by Gasteiger charge is -2.13. The van der Waals surface area contributed by atoms with E-state index in [1.165, 1.54) is 13.0 Å². The Hall–Kier alpha value is -1.88. The predicted octanol–water partition coefficient (Wildman–Crippen LogP) is 2.79. The lowest BCUT2D eigenvalue weighted by atomic mass is 9.98. The lowest BCUT2D eigenvalue weighted by Crippen LogP contribution is -2.12. The lowest BCUT2D eigenvalue weighted by molar-refractivity contribution is -0.137. The molecule has 0 bridgehead atoms. The van der Waals surface area contributed by atoms with Crippen molar-refractivity contribution < 1.29 is 19.1 Å². The molecule has 0 saturated heterocycles. The van der Waals surface area contributed by atoms with Gasteiger partial charge in [-0.25, -0.2) is 4.39 Å². The first-order valence-corrected chi connectivity index (χ1v) is 5.36. The molecule has 2 N–H and O–H groups in total. The van der Waals surface area contributed by atoms with Crippen LogP contribution in [0.25, 0.3) is 0 Å². The van der Waals surface area contributed by atoms with E-state index in [1.807, 2.05) is 0 Å². The van der Waals surface area contributed by atoms with E-state index in [9.17, 15) is 14.0 Å². The third-order valence-corrected chi connectivity index (χ3v) is 2.61.